The zero-order chi connectivity index (χ0) is 12.8. The lowest BCUT2D eigenvalue weighted by Crippen LogP contribution is -2.04. The molecule has 0 spiro atoms. The largest absolute Gasteiger partial charge is 0.242 e. The maximum Gasteiger partial charge on any atom is 0.125 e. The summed E-state index contributed by atoms with van der Waals surface area (Å²) in [6.45, 7) is 3.77. The molecule has 4 radical (unpaired) electrons. The van der Waals surface area contributed by atoms with Crippen LogP contribution in [0.2, 0.25) is 5.02 Å². The quantitative estimate of drug-likeness (QED) is 0.643. The molecule has 2 aromatic rings. The van der Waals surface area contributed by atoms with Crippen molar-refractivity contribution < 1.29 is 0 Å². The van der Waals surface area contributed by atoms with Crippen LogP contribution < -0.4 is 10.9 Å². The van der Waals surface area contributed by atoms with E-state index in [1.54, 1.807) is 18.5 Å². The van der Waals surface area contributed by atoms with Crippen LogP contribution in [0.5, 0.6) is 0 Å². The van der Waals surface area contributed by atoms with Gasteiger partial charge in [-0.2, -0.15) is 0 Å². The minimum atomic E-state index is 0.607. The first kappa shape index (κ1) is 13.8. The van der Waals surface area contributed by atoms with Crippen molar-refractivity contribution >= 4 is 38.2 Å². The lowest BCUT2D eigenvalue weighted by molar-refractivity contribution is 1.06. The molecule has 0 amide bonds. The molecule has 0 saturated carbocycles. The number of nitrogens with zero attached hydrogens (tertiary/aromatic N) is 2. The third kappa shape index (κ3) is 5.05. The Hall–Kier alpha value is -1.28. The Morgan fingerprint density at radius 2 is 1.59 bits per heavy atom. The fourth-order valence-corrected chi connectivity index (χ4v) is 1.20. The van der Waals surface area contributed by atoms with E-state index in [0.717, 1.165) is 16.4 Å². The van der Waals surface area contributed by atoms with Crippen molar-refractivity contribution in [2.75, 3.05) is 0 Å². The number of benzene rings is 1. The Morgan fingerprint density at radius 1 is 1.00 bits per heavy atom. The second-order valence-electron chi connectivity index (χ2n) is 3.57. The third-order valence-corrected chi connectivity index (χ3v) is 2.40. The van der Waals surface area contributed by atoms with Gasteiger partial charge < -0.3 is 0 Å². The monoisotopic (exact) mass is 240 g/mol. The number of hydrogen-bond acceptors (Lipinski definition) is 2. The van der Waals surface area contributed by atoms with Gasteiger partial charge in [0.15, 0.2) is 0 Å². The number of halogens is 1. The van der Waals surface area contributed by atoms with E-state index >= 15 is 0 Å². The summed E-state index contributed by atoms with van der Waals surface area (Å²) in [5.41, 5.74) is 2.38. The van der Waals surface area contributed by atoms with Crippen LogP contribution in [-0.4, -0.2) is 25.7 Å². The standard InChI is InChI=1S/C7H6BCl.C5H5BN2/c1-5-2-3-6(8)4-7(5)9;1-4-7-2-5(6)3-8-4/h2-4H,1H3;2-3H,1H3. The van der Waals surface area contributed by atoms with Gasteiger partial charge in [0.05, 0.1) is 0 Å². The highest BCUT2D eigenvalue weighted by atomic mass is 35.5. The Morgan fingerprint density at radius 3 is 2.00 bits per heavy atom. The van der Waals surface area contributed by atoms with Gasteiger partial charge in [-0.15, -0.1) is 0 Å². The van der Waals surface area contributed by atoms with Crippen molar-refractivity contribution in [3.8, 4) is 0 Å². The fourth-order valence-electron chi connectivity index (χ4n) is 1.01. The predicted octanol–water partition coefficient (Wildman–Crippen LogP) is 1.02. The summed E-state index contributed by atoms with van der Waals surface area (Å²) >= 11 is 5.73. The topological polar surface area (TPSA) is 25.8 Å². The third-order valence-electron chi connectivity index (χ3n) is 2.00. The molecule has 1 aromatic heterocycles. The average molecular weight is 240 g/mol. The molecule has 0 saturated heterocycles. The molecular weight excluding hydrogens is 229 g/mol. The summed E-state index contributed by atoms with van der Waals surface area (Å²) in [6, 6.07) is 5.48. The van der Waals surface area contributed by atoms with Crippen LogP contribution in [0.15, 0.2) is 30.6 Å². The number of rotatable bonds is 0. The van der Waals surface area contributed by atoms with Crippen molar-refractivity contribution in [1.82, 2.24) is 9.97 Å². The number of hydrogen-bond donors (Lipinski definition) is 0. The van der Waals surface area contributed by atoms with Gasteiger partial charge in [-0.3, -0.25) is 0 Å². The van der Waals surface area contributed by atoms with Gasteiger partial charge in [-0.1, -0.05) is 40.7 Å². The fraction of sp³-hybridized carbons (Fsp3) is 0.167. The van der Waals surface area contributed by atoms with Gasteiger partial charge in [0.25, 0.3) is 0 Å². The first-order valence-corrected chi connectivity index (χ1v) is 5.42. The predicted molar refractivity (Wildman–Crippen MR) is 73.7 cm³/mol. The van der Waals surface area contributed by atoms with Crippen LogP contribution in [0.3, 0.4) is 0 Å². The molecule has 2 rings (SSSR count). The van der Waals surface area contributed by atoms with Crippen LogP contribution in [0.1, 0.15) is 11.4 Å². The smallest absolute Gasteiger partial charge is 0.125 e. The summed E-state index contributed by atoms with van der Waals surface area (Å²) in [5.74, 6) is 0.749. The number of aromatic nitrogens is 2. The Balaban J connectivity index is 0.000000171. The highest BCUT2D eigenvalue weighted by Gasteiger charge is 1.91. The molecule has 0 aliphatic carbocycles. The maximum absolute atomic E-state index is 5.73. The summed E-state index contributed by atoms with van der Waals surface area (Å²) in [6.07, 6.45) is 3.17. The summed E-state index contributed by atoms with van der Waals surface area (Å²) in [4.78, 5) is 7.69. The summed E-state index contributed by atoms with van der Waals surface area (Å²) in [5, 5.41) is 0.731. The molecule has 0 aliphatic heterocycles. The summed E-state index contributed by atoms with van der Waals surface area (Å²) < 4.78 is 0. The van der Waals surface area contributed by atoms with Crippen molar-refractivity contribution in [1.29, 1.82) is 0 Å². The van der Waals surface area contributed by atoms with Crippen LogP contribution in [-0.2, 0) is 0 Å². The molecule has 5 heteroatoms. The normalized spacial score (nSPS) is 9.35. The lowest BCUT2D eigenvalue weighted by Gasteiger charge is -1.96. The van der Waals surface area contributed by atoms with Crippen LogP contribution in [0.4, 0.5) is 0 Å². The average Bonchev–Trinajstić information content (AvgIpc) is 2.29. The molecule has 0 unspecified atom stereocenters. The molecule has 0 fully saturated rings. The van der Waals surface area contributed by atoms with Gasteiger partial charge in [-0.25, -0.2) is 9.97 Å². The Labute approximate surface area is 109 Å². The molecule has 2 nitrogen and oxygen atoms in total. The van der Waals surface area contributed by atoms with E-state index in [1.807, 2.05) is 26.0 Å². The van der Waals surface area contributed by atoms with Gasteiger partial charge in [0, 0.05) is 17.4 Å². The van der Waals surface area contributed by atoms with E-state index in [9.17, 15) is 0 Å². The second-order valence-corrected chi connectivity index (χ2v) is 3.98. The molecule has 0 atom stereocenters. The highest BCUT2D eigenvalue weighted by Crippen LogP contribution is 2.10. The van der Waals surface area contributed by atoms with E-state index in [0.29, 0.717) is 10.9 Å². The maximum atomic E-state index is 5.73. The van der Waals surface area contributed by atoms with Crippen molar-refractivity contribution in [2.45, 2.75) is 13.8 Å². The van der Waals surface area contributed by atoms with E-state index in [-0.39, 0.29) is 0 Å². The minimum absolute atomic E-state index is 0.607. The van der Waals surface area contributed by atoms with Crippen molar-refractivity contribution in [3.63, 3.8) is 0 Å². The van der Waals surface area contributed by atoms with Gasteiger partial charge >= 0.3 is 0 Å². The first-order valence-electron chi connectivity index (χ1n) is 5.05. The van der Waals surface area contributed by atoms with Crippen molar-refractivity contribution in [2.24, 2.45) is 0 Å². The second kappa shape index (κ2) is 6.45. The van der Waals surface area contributed by atoms with E-state index in [2.05, 4.69) is 9.97 Å². The molecule has 0 aliphatic rings. The van der Waals surface area contributed by atoms with E-state index < -0.39 is 0 Å². The minimum Gasteiger partial charge on any atom is -0.242 e. The molecule has 0 N–H and O–H groups in total. The highest BCUT2D eigenvalue weighted by molar-refractivity contribution is 6.36. The van der Waals surface area contributed by atoms with E-state index in [4.69, 9.17) is 27.3 Å². The van der Waals surface area contributed by atoms with Gasteiger partial charge in [0.2, 0.25) is 0 Å². The Kier molecular flexibility index (Phi) is 5.23. The molecule has 1 heterocycles. The Bertz CT molecular complexity index is 465. The molecule has 82 valence electrons. The zero-order valence-electron chi connectivity index (χ0n) is 9.81. The lowest BCUT2D eigenvalue weighted by atomic mass is 9.95. The van der Waals surface area contributed by atoms with Gasteiger partial charge in [-0.05, 0) is 19.4 Å². The molecule has 1 aromatic carbocycles. The van der Waals surface area contributed by atoms with Gasteiger partial charge in [0.1, 0.15) is 21.5 Å². The van der Waals surface area contributed by atoms with Crippen LogP contribution in [0, 0.1) is 13.8 Å². The number of aryl methyl sites for hydroxylation is 2. The molecule has 0 bridgehead atoms. The molecular formula is C12H11B2ClN2. The van der Waals surface area contributed by atoms with Crippen LogP contribution in [0.25, 0.3) is 0 Å². The van der Waals surface area contributed by atoms with Crippen LogP contribution >= 0.6 is 11.6 Å². The van der Waals surface area contributed by atoms with Crippen molar-refractivity contribution in [3.05, 3.63) is 47.0 Å². The summed E-state index contributed by atoms with van der Waals surface area (Å²) in [7, 11) is 10.7. The molecule has 17 heavy (non-hydrogen) atoms. The first-order chi connectivity index (χ1) is 7.99. The zero-order valence-corrected chi connectivity index (χ0v) is 10.6. The SMILES string of the molecule is [B]c1ccc(C)c(Cl)c1.[B]c1cnc(C)nc1. The van der Waals surface area contributed by atoms with E-state index in [1.165, 1.54) is 0 Å².